The second-order valence-corrected chi connectivity index (χ2v) is 17.5. The number of H-pyrrole nitrogens is 2. The summed E-state index contributed by atoms with van der Waals surface area (Å²) in [5, 5.41) is 0. The van der Waals surface area contributed by atoms with Crippen LogP contribution in [-0.4, -0.2) is 160 Å². The molecule has 9 rings (SSSR count). The summed E-state index contributed by atoms with van der Waals surface area (Å²) >= 11 is 0. The summed E-state index contributed by atoms with van der Waals surface area (Å²) in [6.45, 7) is 9.28. The van der Waals surface area contributed by atoms with Gasteiger partial charge in [0.1, 0.15) is 17.4 Å². The van der Waals surface area contributed by atoms with Gasteiger partial charge in [-0.15, -0.1) is 0 Å². The molecular weight excluding hydrogens is 757 g/mol. The number of nitrogens with zero attached hydrogens (tertiary/aromatic N) is 8. The highest BCUT2D eigenvalue weighted by atomic mass is 16.5. The summed E-state index contributed by atoms with van der Waals surface area (Å²) in [5.74, 6) is 2.46. The predicted octanol–water partition coefficient (Wildman–Crippen LogP) is 6.87. The maximum atomic E-state index is 14.0. The molecule has 320 valence electrons. The Bertz CT molecular complexity index is 2070. The molecule has 0 aliphatic carbocycles. The van der Waals surface area contributed by atoms with Crippen molar-refractivity contribution < 1.29 is 19.1 Å². The minimum absolute atomic E-state index is 0.0145. The van der Waals surface area contributed by atoms with Gasteiger partial charge in [-0.2, -0.15) is 0 Å². The van der Waals surface area contributed by atoms with E-state index < -0.39 is 0 Å². The molecule has 14 heteroatoms. The Morgan fingerprint density at radius 2 is 1.20 bits per heavy atom. The van der Waals surface area contributed by atoms with Crippen molar-refractivity contribution in [3.8, 4) is 39.4 Å². The van der Waals surface area contributed by atoms with Crippen molar-refractivity contribution in [3.05, 3.63) is 66.5 Å². The van der Waals surface area contributed by atoms with Crippen LogP contribution in [0.2, 0.25) is 0 Å². The van der Waals surface area contributed by atoms with Crippen LogP contribution in [-0.2, 0) is 4.74 Å². The maximum Gasteiger partial charge on any atom is 0.320 e. The van der Waals surface area contributed by atoms with E-state index in [-0.39, 0.29) is 30.2 Å². The number of aromatic nitrogens is 4. The number of hydrogen-bond acceptors (Lipinski definition) is 8. The Balaban J connectivity index is 0.930. The van der Waals surface area contributed by atoms with Crippen LogP contribution >= 0.6 is 0 Å². The highest BCUT2D eigenvalue weighted by Crippen LogP contribution is 2.39. The normalized spacial score (nSPS) is 23.9. The molecule has 2 N–H and O–H groups in total. The first-order valence-corrected chi connectivity index (χ1v) is 22.5. The number of nitrogens with one attached hydrogen (secondary N) is 2. The molecule has 0 spiro atoms. The van der Waals surface area contributed by atoms with E-state index in [1.807, 2.05) is 32.0 Å². The van der Waals surface area contributed by atoms with Gasteiger partial charge in [-0.3, -0.25) is 0 Å². The number of imidazole rings is 2. The smallest absolute Gasteiger partial charge is 0.320 e. The van der Waals surface area contributed by atoms with E-state index in [1.54, 1.807) is 0 Å². The largest absolute Gasteiger partial charge is 0.493 e. The molecule has 0 radical (unpaired) electrons. The Hall–Kier alpha value is -4.92. The first-order chi connectivity index (χ1) is 29.4. The number of ether oxygens (including phenoxy) is 2. The topological polar surface area (TPSA) is 129 Å². The Morgan fingerprint density at radius 3 is 1.92 bits per heavy atom. The molecule has 7 heterocycles. The van der Waals surface area contributed by atoms with Crippen molar-refractivity contribution in [3.63, 3.8) is 0 Å². The number of urea groups is 2. The van der Waals surface area contributed by atoms with Crippen molar-refractivity contribution in [1.29, 1.82) is 0 Å². The zero-order valence-corrected chi connectivity index (χ0v) is 35.5. The fourth-order valence-electron chi connectivity index (χ4n) is 9.55. The number of carbonyl (C=O) groups is 2. The SMILES string of the molecule is CN1CCN(C(=O)N2CCC[C@H]2c2ncc(-c3ccc(-c4ccc5c(c4)OCCCCCCCCO[C@H]4C[C@@H](c6ncc-5[nH]6)N(C(=O)N5CCN(C)CC5)C4)cc3)[nH]2)CC1. The number of piperazine rings is 2. The van der Waals surface area contributed by atoms with Crippen molar-refractivity contribution >= 4 is 12.1 Å². The monoisotopic (exact) mass is 818 g/mol. The number of rotatable bonds is 3. The summed E-state index contributed by atoms with van der Waals surface area (Å²) in [6.07, 6.45) is 13.0. The molecule has 4 amide bonds. The lowest BCUT2D eigenvalue weighted by atomic mass is 10.00. The van der Waals surface area contributed by atoms with Crippen LogP contribution in [0.3, 0.4) is 0 Å². The molecule has 2 aromatic carbocycles. The number of likely N-dealkylation sites (N-methyl/N-ethyl adjacent to an activating group) is 2. The molecule has 4 bridgehead atoms. The quantitative estimate of drug-likeness (QED) is 0.229. The van der Waals surface area contributed by atoms with E-state index in [4.69, 9.17) is 19.4 Å². The van der Waals surface area contributed by atoms with Gasteiger partial charge in [0.2, 0.25) is 0 Å². The Labute approximate surface area is 354 Å². The van der Waals surface area contributed by atoms with Crippen molar-refractivity contribution in [1.82, 2.24) is 49.3 Å². The summed E-state index contributed by atoms with van der Waals surface area (Å²) in [7, 11) is 4.22. The molecule has 4 aromatic rings. The van der Waals surface area contributed by atoms with Crippen LogP contribution in [0, 0.1) is 0 Å². The predicted molar refractivity (Wildman–Crippen MR) is 232 cm³/mol. The number of hydrogen-bond donors (Lipinski definition) is 2. The van der Waals surface area contributed by atoms with Gasteiger partial charge < -0.3 is 48.8 Å². The molecule has 14 nitrogen and oxygen atoms in total. The summed E-state index contributed by atoms with van der Waals surface area (Å²) in [5.41, 5.74) is 5.97. The highest BCUT2D eigenvalue weighted by Gasteiger charge is 2.41. The van der Waals surface area contributed by atoms with Gasteiger partial charge in [0.05, 0.1) is 48.6 Å². The molecule has 0 unspecified atom stereocenters. The van der Waals surface area contributed by atoms with E-state index in [1.165, 1.54) is 12.8 Å². The van der Waals surface area contributed by atoms with Crippen LogP contribution in [0.25, 0.3) is 33.6 Å². The molecule has 2 aromatic heterocycles. The van der Waals surface area contributed by atoms with Crippen LogP contribution in [0.4, 0.5) is 9.59 Å². The van der Waals surface area contributed by atoms with Crippen molar-refractivity contribution in [2.75, 3.05) is 92.8 Å². The number of likely N-dealkylation sites (tertiary alicyclic amines) is 2. The lowest BCUT2D eigenvalue weighted by Gasteiger charge is -2.36. The lowest BCUT2D eigenvalue weighted by molar-refractivity contribution is 0.0557. The van der Waals surface area contributed by atoms with Gasteiger partial charge in [0.25, 0.3) is 0 Å². The third kappa shape index (κ3) is 8.91. The van der Waals surface area contributed by atoms with Crippen LogP contribution in [0.5, 0.6) is 5.75 Å². The van der Waals surface area contributed by atoms with E-state index in [0.717, 1.165) is 161 Å². The van der Waals surface area contributed by atoms with Gasteiger partial charge in [-0.25, -0.2) is 19.6 Å². The molecule has 60 heavy (non-hydrogen) atoms. The maximum absolute atomic E-state index is 14.0. The molecule has 3 atom stereocenters. The van der Waals surface area contributed by atoms with E-state index in [0.29, 0.717) is 13.2 Å². The minimum Gasteiger partial charge on any atom is -0.493 e. The first-order valence-electron chi connectivity index (χ1n) is 22.5. The summed E-state index contributed by atoms with van der Waals surface area (Å²) in [6, 6.07) is 15.0. The molecule has 4 fully saturated rings. The summed E-state index contributed by atoms with van der Waals surface area (Å²) < 4.78 is 13.0. The third-order valence-electron chi connectivity index (χ3n) is 13.3. The van der Waals surface area contributed by atoms with Gasteiger partial charge in [0, 0.05) is 84.0 Å². The van der Waals surface area contributed by atoms with Crippen molar-refractivity contribution in [2.24, 2.45) is 0 Å². The average Bonchev–Trinajstić information content (AvgIpc) is 4.11. The minimum atomic E-state index is -0.190. The van der Waals surface area contributed by atoms with E-state index in [9.17, 15) is 9.59 Å². The number of amides is 4. The zero-order valence-electron chi connectivity index (χ0n) is 35.5. The average molecular weight is 819 g/mol. The number of fused-ring (bicyclic) bond motifs is 7. The van der Waals surface area contributed by atoms with Gasteiger partial charge >= 0.3 is 12.1 Å². The third-order valence-corrected chi connectivity index (χ3v) is 13.3. The highest BCUT2D eigenvalue weighted by molar-refractivity contribution is 5.78. The number of benzene rings is 2. The Kier molecular flexibility index (Phi) is 12.4. The second-order valence-electron chi connectivity index (χ2n) is 17.5. The standard InChI is InChI=1S/C46H62N10O4/c1-51-18-22-53(23-19-51)45(57)55-17-9-10-40(55)43-47-30-38(49-43)34-13-11-33(12-14-34)35-15-16-37-39-31-48-44(50-39)41-29-36(32-56(41)46(58)54-24-20-52(2)21-25-54)59-26-7-5-3-4-6-8-27-60-42(37)28-35/h11-16,28,30-31,36,40-41H,3-10,17-27,29,32H2,1-2H3,(H,47,49)(H,48,50)/t36-,40-,41-/m0/s1. The molecule has 4 saturated heterocycles. The molecule has 0 saturated carbocycles. The lowest BCUT2D eigenvalue weighted by Crippen LogP contribution is -2.52. The zero-order chi connectivity index (χ0) is 41.0. The molecule has 5 aliphatic heterocycles. The summed E-state index contributed by atoms with van der Waals surface area (Å²) in [4.78, 5) is 56.9. The van der Waals surface area contributed by atoms with Gasteiger partial charge in [-0.1, -0.05) is 56.0 Å². The molecule has 5 aliphatic rings. The fourth-order valence-corrected chi connectivity index (χ4v) is 9.55. The molecular formula is C46H62N10O4. The van der Waals surface area contributed by atoms with Crippen LogP contribution in [0.1, 0.15) is 81.5 Å². The van der Waals surface area contributed by atoms with Crippen LogP contribution in [0.15, 0.2) is 54.9 Å². The van der Waals surface area contributed by atoms with E-state index in [2.05, 4.69) is 76.3 Å². The van der Waals surface area contributed by atoms with Gasteiger partial charge in [-0.05, 0) is 68.6 Å². The van der Waals surface area contributed by atoms with E-state index >= 15 is 0 Å². The van der Waals surface area contributed by atoms with Crippen LogP contribution < -0.4 is 4.74 Å². The van der Waals surface area contributed by atoms with Crippen molar-refractivity contribution in [2.45, 2.75) is 76.0 Å². The Morgan fingerprint density at radius 1 is 0.617 bits per heavy atom. The number of carbonyl (C=O) groups excluding carboxylic acids is 2. The van der Waals surface area contributed by atoms with Gasteiger partial charge in [0.15, 0.2) is 0 Å². The second kappa shape index (κ2) is 18.4. The first kappa shape index (κ1) is 40.5. The number of aromatic amines is 2. The fraction of sp³-hybridized carbons (Fsp3) is 0.565.